The first-order chi connectivity index (χ1) is 6.57. The summed E-state index contributed by atoms with van der Waals surface area (Å²) in [4.78, 5) is 21.2. The standard InChI is InChI=1S/C9H17NO4.2Na.2H/c1-2-3-4-5-14-9(13)7(10)6-8(11)12;;;;/h7H,2-6,10H2,1H3,(H,11,12);;;;. The fraction of sp³-hybridized carbons (Fsp3) is 0.778. The van der Waals surface area contributed by atoms with E-state index in [4.69, 9.17) is 15.6 Å². The first-order valence-electron chi connectivity index (χ1n) is 4.72. The first-order valence-corrected chi connectivity index (χ1v) is 4.72. The predicted octanol–water partition coefficient (Wildman–Crippen LogP) is -0.775. The molecule has 0 amide bonds. The van der Waals surface area contributed by atoms with Gasteiger partial charge < -0.3 is 15.6 Å². The number of carbonyl (C=O) groups excluding carboxylic acids is 1. The van der Waals surface area contributed by atoms with E-state index < -0.39 is 18.0 Å². The molecule has 16 heavy (non-hydrogen) atoms. The molecule has 5 nitrogen and oxygen atoms in total. The van der Waals surface area contributed by atoms with Gasteiger partial charge in [-0.1, -0.05) is 19.8 Å². The number of nitrogens with two attached hydrogens (primary N) is 1. The van der Waals surface area contributed by atoms with Crippen LogP contribution in [0.3, 0.4) is 0 Å². The van der Waals surface area contributed by atoms with E-state index in [1.54, 1.807) is 0 Å². The van der Waals surface area contributed by atoms with Crippen LogP contribution in [-0.4, -0.2) is 88.8 Å². The summed E-state index contributed by atoms with van der Waals surface area (Å²) in [6.45, 7) is 2.36. The van der Waals surface area contributed by atoms with Gasteiger partial charge in [0.05, 0.1) is 13.0 Å². The van der Waals surface area contributed by atoms with Gasteiger partial charge >= 0.3 is 71.1 Å². The summed E-state index contributed by atoms with van der Waals surface area (Å²) in [5.41, 5.74) is 5.28. The van der Waals surface area contributed by atoms with Gasteiger partial charge in [-0.3, -0.25) is 9.59 Å². The summed E-state index contributed by atoms with van der Waals surface area (Å²) in [5.74, 6) is -1.73. The van der Waals surface area contributed by atoms with Crippen LogP contribution in [-0.2, 0) is 14.3 Å². The normalized spacial score (nSPS) is 10.6. The van der Waals surface area contributed by atoms with Crippen LogP contribution in [0.2, 0.25) is 0 Å². The number of esters is 1. The Bertz CT molecular complexity index is 202. The van der Waals surface area contributed by atoms with Crippen molar-refractivity contribution in [1.29, 1.82) is 0 Å². The van der Waals surface area contributed by atoms with E-state index in [9.17, 15) is 9.59 Å². The maximum absolute atomic E-state index is 11.0. The number of aliphatic carboxylic acids is 1. The molecule has 7 heteroatoms. The number of carboxylic acids is 1. The van der Waals surface area contributed by atoms with Crippen LogP contribution < -0.4 is 5.73 Å². The molecule has 86 valence electrons. The second-order valence-corrected chi connectivity index (χ2v) is 3.08. The van der Waals surface area contributed by atoms with Crippen molar-refractivity contribution in [2.24, 2.45) is 5.73 Å². The number of hydrogen-bond acceptors (Lipinski definition) is 4. The number of carbonyl (C=O) groups is 2. The summed E-state index contributed by atoms with van der Waals surface area (Å²) in [6, 6.07) is -1.05. The topological polar surface area (TPSA) is 89.6 Å². The minimum atomic E-state index is -1.09. The number of rotatable bonds is 7. The molecule has 0 saturated heterocycles. The van der Waals surface area contributed by atoms with Gasteiger partial charge in [-0.15, -0.1) is 0 Å². The van der Waals surface area contributed by atoms with Gasteiger partial charge in [-0.2, -0.15) is 0 Å². The zero-order valence-corrected chi connectivity index (χ0v) is 8.36. The Morgan fingerprint density at radius 3 is 2.31 bits per heavy atom. The molecular formula is C9H19NNa2O4. The quantitative estimate of drug-likeness (QED) is 0.352. The van der Waals surface area contributed by atoms with E-state index in [-0.39, 0.29) is 65.5 Å². The van der Waals surface area contributed by atoms with Crippen LogP contribution in [0.5, 0.6) is 0 Å². The van der Waals surface area contributed by atoms with Crippen LogP contribution in [0.25, 0.3) is 0 Å². The fourth-order valence-corrected chi connectivity index (χ4v) is 0.903. The number of unbranched alkanes of at least 4 members (excludes halogenated alkanes) is 2. The number of ether oxygens (including phenoxy) is 1. The van der Waals surface area contributed by atoms with E-state index >= 15 is 0 Å². The monoisotopic (exact) mass is 251 g/mol. The Labute approximate surface area is 140 Å². The Morgan fingerprint density at radius 2 is 1.88 bits per heavy atom. The summed E-state index contributed by atoms with van der Waals surface area (Å²) in [6.07, 6.45) is 2.44. The molecule has 0 aromatic carbocycles. The Balaban J connectivity index is -0.000000845. The zero-order chi connectivity index (χ0) is 11.0. The van der Waals surface area contributed by atoms with Gasteiger partial charge in [0.25, 0.3) is 0 Å². The molecule has 3 N–H and O–H groups in total. The van der Waals surface area contributed by atoms with Crippen molar-refractivity contribution in [2.75, 3.05) is 6.61 Å². The molecular weight excluding hydrogens is 232 g/mol. The summed E-state index contributed by atoms with van der Waals surface area (Å²) in [7, 11) is 0. The van der Waals surface area contributed by atoms with Gasteiger partial charge in [0.1, 0.15) is 6.04 Å². The van der Waals surface area contributed by atoms with Gasteiger partial charge in [0.15, 0.2) is 0 Å². The van der Waals surface area contributed by atoms with Crippen LogP contribution in [0.15, 0.2) is 0 Å². The van der Waals surface area contributed by atoms with Gasteiger partial charge in [-0.25, -0.2) is 0 Å². The Hall–Kier alpha value is 0.900. The average molecular weight is 251 g/mol. The molecule has 1 atom stereocenters. The van der Waals surface area contributed by atoms with E-state index in [1.165, 1.54) is 0 Å². The predicted molar refractivity (Wildman–Crippen MR) is 65.0 cm³/mol. The molecule has 0 bridgehead atoms. The molecule has 1 unspecified atom stereocenters. The molecule has 0 aliphatic heterocycles. The van der Waals surface area contributed by atoms with E-state index in [2.05, 4.69) is 0 Å². The van der Waals surface area contributed by atoms with Crippen molar-refractivity contribution in [2.45, 2.75) is 38.6 Å². The number of carboxylic acid groups (broad SMARTS) is 1. The van der Waals surface area contributed by atoms with Crippen LogP contribution in [0.4, 0.5) is 0 Å². The third-order valence-electron chi connectivity index (χ3n) is 1.69. The molecule has 0 spiro atoms. The molecule has 0 radical (unpaired) electrons. The van der Waals surface area contributed by atoms with E-state index in [1.807, 2.05) is 6.92 Å². The third kappa shape index (κ3) is 13.0. The number of hydrogen-bond donors (Lipinski definition) is 2. The second-order valence-electron chi connectivity index (χ2n) is 3.08. The average Bonchev–Trinajstić information content (AvgIpc) is 2.11. The SMILES string of the molecule is CCCCCOC(=O)C(N)CC(=O)O.[NaH].[NaH]. The second kappa shape index (κ2) is 14.0. The van der Waals surface area contributed by atoms with E-state index in [0.717, 1.165) is 19.3 Å². The molecule has 0 rings (SSSR count). The zero-order valence-electron chi connectivity index (χ0n) is 8.36. The molecule has 0 aromatic heterocycles. The van der Waals surface area contributed by atoms with Crippen molar-refractivity contribution in [1.82, 2.24) is 0 Å². The van der Waals surface area contributed by atoms with Crippen molar-refractivity contribution < 1.29 is 19.4 Å². The minimum absolute atomic E-state index is 0. The Kier molecular flexibility index (Phi) is 19.3. The van der Waals surface area contributed by atoms with Crippen molar-refractivity contribution >= 4 is 71.1 Å². The molecule has 0 saturated carbocycles. The van der Waals surface area contributed by atoms with Gasteiger partial charge in [0, 0.05) is 0 Å². The molecule has 0 aliphatic carbocycles. The van der Waals surface area contributed by atoms with Gasteiger partial charge in [-0.05, 0) is 6.42 Å². The van der Waals surface area contributed by atoms with Crippen molar-refractivity contribution in [3.8, 4) is 0 Å². The summed E-state index contributed by atoms with van der Waals surface area (Å²) in [5, 5.41) is 8.35. The third-order valence-corrected chi connectivity index (χ3v) is 1.69. The van der Waals surface area contributed by atoms with Crippen LogP contribution in [0, 0.1) is 0 Å². The van der Waals surface area contributed by atoms with E-state index in [0.29, 0.717) is 6.61 Å². The molecule has 0 aromatic rings. The maximum atomic E-state index is 11.0. The Morgan fingerprint density at radius 1 is 1.31 bits per heavy atom. The van der Waals surface area contributed by atoms with Crippen molar-refractivity contribution in [3.05, 3.63) is 0 Å². The van der Waals surface area contributed by atoms with Gasteiger partial charge in [0.2, 0.25) is 0 Å². The molecule has 0 aliphatic rings. The molecule has 0 fully saturated rings. The summed E-state index contributed by atoms with van der Waals surface area (Å²) >= 11 is 0. The first kappa shape index (κ1) is 22.1. The van der Waals surface area contributed by atoms with Crippen LogP contribution in [0.1, 0.15) is 32.6 Å². The summed E-state index contributed by atoms with van der Waals surface area (Å²) < 4.78 is 4.78. The fourth-order valence-electron chi connectivity index (χ4n) is 0.903. The van der Waals surface area contributed by atoms with Crippen LogP contribution >= 0.6 is 0 Å². The van der Waals surface area contributed by atoms with Crippen molar-refractivity contribution in [3.63, 3.8) is 0 Å². The molecule has 0 heterocycles.